The minimum absolute atomic E-state index is 0.168. The average molecular weight is 187 g/mol. The molecule has 1 aliphatic carbocycles. The highest BCUT2D eigenvalue weighted by Gasteiger charge is 2.41. The zero-order valence-electron chi connectivity index (χ0n) is 8.01. The Morgan fingerprint density at radius 2 is 2.31 bits per heavy atom. The molecule has 0 saturated heterocycles. The number of hydrogen-bond donors (Lipinski definition) is 2. The van der Waals surface area contributed by atoms with E-state index in [4.69, 9.17) is 9.84 Å². The molecule has 0 aromatic rings. The third-order valence-electron chi connectivity index (χ3n) is 2.48. The van der Waals surface area contributed by atoms with Gasteiger partial charge in [0.15, 0.2) is 0 Å². The van der Waals surface area contributed by atoms with Gasteiger partial charge in [-0.25, -0.2) is 4.79 Å². The molecule has 0 bridgehead atoms. The highest BCUT2D eigenvalue weighted by molar-refractivity contribution is 5.67. The van der Waals surface area contributed by atoms with Crippen LogP contribution in [0.3, 0.4) is 0 Å². The molecule has 0 aromatic carbocycles. The van der Waals surface area contributed by atoms with Crippen molar-refractivity contribution in [3.63, 3.8) is 0 Å². The van der Waals surface area contributed by atoms with E-state index in [-0.39, 0.29) is 18.1 Å². The second-order valence-electron chi connectivity index (χ2n) is 3.55. The summed E-state index contributed by atoms with van der Waals surface area (Å²) in [6.07, 6.45) is 2.62. The Hall–Kier alpha value is -0.770. The first-order chi connectivity index (χ1) is 6.22. The van der Waals surface area contributed by atoms with Crippen LogP contribution in [-0.2, 0) is 4.74 Å². The van der Waals surface area contributed by atoms with Crippen LogP contribution in [0, 0.1) is 5.41 Å². The molecular weight excluding hydrogens is 170 g/mol. The number of ether oxygens (including phenoxy) is 1. The number of alkyl carbamates (subject to hydrolysis) is 1. The molecule has 1 rings (SSSR count). The molecule has 4 heteroatoms. The van der Waals surface area contributed by atoms with E-state index >= 15 is 0 Å². The van der Waals surface area contributed by atoms with Crippen LogP contribution in [0.15, 0.2) is 0 Å². The van der Waals surface area contributed by atoms with Crippen molar-refractivity contribution < 1.29 is 14.6 Å². The first-order valence-corrected chi connectivity index (χ1v) is 4.74. The van der Waals surface area contributed by atoms with Crippen LogP contribution >= 0.6 is 0 Å². The van der Waals surface area contributed by atoms with Crippen molar-refractivity contribution in [2.75, 3.05) is 19.8 Å². The van der Waals surface area contributed by atoms with Gasteiger partial charge < -0.3 is 15.2 Å². The van der Waals surface area contributed by atoms with E-state index in [2.05, 4.69) is 5.32 Å². The Balaban J connectivity index is 2.14. The van der Waals surface area contributed by atoms with Gasteiger partial charge in [0, 0.05) is 13.2 Å². The SMILES string of the molecule is CCOC(=O)NCC1(CCO)CC1. The summed E-state index contributed by atoms with van der Waals surface area (Å²) >= 11 is 0. The maximum atomic E-state index is 10.9. The van der Waals surface area contributed by atoms with Gasteiger partial charge in [0.25, 0.3) is 0 Å². The zero-order valence-corrected chi connectivity index (χ0v) is 8.01. The van der Waals surface area contributed by atoms with E-state index in [1.807, 2.05) is 0 Å². The van der Waals surface area contributed by atoms with Gasteiger partial charge in [-0.15, -0.1) is 0 Å². The predicted molar refractivity (Wildman–Crippen MR) is 48.4 cm³/mol. The Morgan fingerprint density at radius 3 is 2.77 bits per heavy atom. The van der Waals surface area contributed by atoms with E-state index in [1.54, 1.807) is 6.92 Å². The zero-order chi connectivity index (χ0) is 9.73. The van der Waals surface area contributed by atoms with Gasteiger partial charge in [-0.3, -0.25) is 0 Å². The normalized spacial score (nSPS) is 18.0. The number of amides is 1. The van der Waals surface area contributed by atoms with Gasteiger partial charge in [-0.2, -0.15) is 0 Å². The van der Waals surface area contributed by atoms with E-state index < -0.39 is 0 Å². The van der Waals surface area contributed by atoms with Crippen LogP contribution < -0.4 is 5.32 Å². The Kier molecular flexibility index (Phi) is 3.54. The molecule has 1 saturated carbocycles. The molecule has 4 nitrogen and oxygen atoms in total. The standard InChI is InChI=1S/C9H17NO3/c1-2-13-8(12)10-7-9(3-4-9)5-6-11/h11H,2-7H2,1H3,(H,10,12). The van der Waals surface area contributed by atoms with Crippen molar-refractivity contribution in [2.24, 2.45) is 5.41 Å². The Morgan fingerprint density at radius 1 is 1.62 bits per heavy atom. The predicted octanol–water partition coefficient (Wildman–Crippen LogP) is 0.895. The van der Waals surface area contributed by atoms with Crippen molar-refractivity contribution in [3.8, 4) is 0 Å². The van der Waals surface area contributed by atoms with E-state index in [0.29, 0.717) is 13.2 Å². The lowest BCUT2D eigenvalue weighted by Gasteiger charge is -2.13. The van der Waals surface area contributed by atoms with Crippen LogP contribution in [0.5, 0.6) is 0 Å². The van der Waals surface area contributed by atoms with Gasteiger partial charge >= 0.3 is 6.09 Å². The molecule has 2 N–H and O–H groups in total. The molecule has 76 valence electrons. The summed E-state index contributed by atoms with van der Waals surface area (Å²) in [6.45, 7) is 3.01. The summed E-state index contributed by atoms with van der Waals surface area (Å²) in [7, 11) is 0. The van der Waals surface area contributed by atoms with Crippen molar-refractivity contribution in [1.29, 1.82) is 0 Å². The first kappa shape index (κ1) is 10.3. The number of nitrogens with one attached hydrogen (secondary N) is 1. The van der Waals surface area contributed by atoms with Gasteiger partial charge in [0.2, 0.25) is 0 Å². The summed E-state index contributed by atoms with van der Waals surface area (Å²) in [5, 5.41) is 11.5. The molecule has 1 fully saturated rings. The molecule has 0 atom stereocenters. The third kappa shape index (κ3) is 3.22. The van der Waals surface area contributed by atoms with Crippen LogP contribution in [0.2, 0.25) is 0 Å². The van der Waals surface area contributed by atoms with E-state index in [1.165, 1.54) is 0 Å². The lowest BCUT2D eigenvalue weighted by Crippen LogP contribution is -2.31. The molecule has 0 aromatic heterocycles. The van der Waals surface area contributed by atoms with Gasteiger partial charge in [0.1, 0.15) is 0 Å². The highest BCUT2D eigenvalue weighted by atomic mass is 16.5. The fourth-order valence-electron chi connectivity index (χ4n) is 1.37. The van der Waals surface area contributed by atoms with Crippen LogP contribution in [0.1, 0.15) is 26.2 Å². The van der Waals surface area contributed by atoms with Gasteiger partial charge in [-0.1, -0.05) is 0 Å². The molecule has 0 radical (unpaired) electrons. The van der Waals surface area contributed by atoms with E-state index in [0.717, 1.165) is 19.3 Å². The minimum Gasteiger partial charge on any atom is -0.450 e. The lowest BCUT2D eigenvalue weighted by molar-refractivity contribution is 0.148. The maximum absolute atomic E-state index is 10.9. The average Bonchev–Trinajstić information content (AvgIpc) is 2.84. The number of carbonyl (C=O) groups excluding carboxylic acids is 1. The van der Waals surface area contributed by atoms with Crippen LogP contribution in [-0.4, -0.2) is 31.0 Å². The largest absolute Gasteiger partial charge is 0.450 e. The second kappa shape index (κ2) is 4.46. The van der Waals surface area contributed by atoms with Crippen LogP contribution in [0.25, 0.3) is 0 Å². The summed E-state index contributed by atoms with van der Waals surface area (Å²) < 4.78 is 4.73. The lowest BCUT2D eigenvalue weighted by atomic mass is 10.0. The molecule has 0 aliphatic heterocycles. The maximum Gasteiger partial charge on any atom is 0.407 e. The summed E-state index contributed by atoms with van der Waals surface area (Å²) in [5.41, 5.74) is 0.168. The number of rotatable bonds is 5. The Labute approximate surface area is 78.3 Å². The highest BCUT2D eigenvalue weighted by Crippen LogP contribution is 2.47. The fraction of sp³-hybridized carbons (Fsp3) is 0.889. The fourth-order valence-corrected chi connectivity index (χ4v) is 1.37. The number of aliphatic hydroxyl groups excluding tert-OH is 1. The Bertz CT molecular complexity index is 178. The second-order valence-corrected chi connectivity index (χ2v) is 3.55. The van der Waals surface area contributed by atoms with E-state index in [9.17, 15) is 4.79 Å². The number of carbonyl (C=O) groups is 1. The van der Waals surface area contributed by atoms with Crippen molar-refractivity contribution >= 4 is 6.09 Å². The quantitative estimate of drug-likeness (QED) is 0.672. The molecule has 0 unspecified atom stereocenters. The van der Waals surface area contributed by atoms with Crippen molar-refractivity contribution in [3.05, 3.63) is 0 Å². The molecular formula is C9H17NO3. The smallest absolute Gasteiger partial charge is 0.407 e. The molecule has 13 heavy (non-hydrogen) atoms. The summed E-state index contributed by atoms with van der Waals surface area (Å²) in [4.78, 5) is 10.9. The topological polar surface area (TPSA) is 58.6 Å². The summed E-state index contributed by atoms with van der Waals surface area (Å²) in [5.74, 6) is 0. The van der Waals surface area contributed by atoms with Gasteiger partial charge in [0.05, 0.1) is 6.61 Å². The number of hydrogen-bond acceptors (Lipinski definition) is 3. The monoisotopic (exact) mass is 187 g/mol. The first-order valence-electron chi connectivity index (χ1n) is 4.74. The molecule has 1 amide bonds. The van der Waals surface area contributed by atoms with Crippen LogP contribution in [0.4, 0.5) is 4.79 Å². The molecule has 0 heterocycles. The minimum atomic E-state index is -0.355. The van der Waals surface area contributed by atoms with Crippen molar-refractivity contribution in [2.45, 2.75) is 26.2 Å². The van der Waals surface area contributed by atoms with Gasteiger partial charge in [-0.05, 0) is 31.6 Å². The summed E-state index contributed by atoms with van der Waals surface area (Å²) in [6, 6.07) is 0. The molecule has 0 spiro atoms. The third-order valence-corrected chi connectivity index (χ3v) is 2.48. The number of aliphatic hydroxyl groups is 1. The molecule has 1 aliphatic rings. The van der Waals surface area contributed by atoms with Crippen molar-refractivity contribution in [1.82, 2.24) is 5.32 Å².